The smallest absolute Gasteiger partial charge is 0.277 e. The Labute approximate surface area is 144 Å². The summed E-state index contributed by atoms with van der Waals surface area (Å²) in [7, 11) is 0. The maximum Gasteiger partial charge on any atom is 0.277 e. The van der Waals surface area contributed by atoms with Gasteiger partial charge >= 0.3 is 0 Å². The number of rotatable bonds is 6. The van der Waals surface area contributed by atoms with Crippen molar-refractivity contribution in [1.29, 1.82) is 5.26 Å². The Morgan fingerprint density at radius 2 is 2.08 bits per heavy atom. The topological polar surface area (TPSA) is 97.4 Å². The SMILES string of the molecule is N#CCc1c([N+](=O)[O-])ccc2c1O[C@@H](CNCc1ccccc1)CO2. The fourth-order valence-electron chi connectivity index (χ4n) is 2.72. The van der Waals surface area contributed by atoms with E-state index in [4.69, 9.17) is 14.7 Å². The molecule has 0 spiro atoms. The maximum atomic E-state index is 11.2. The molecule has 1 aliphatic rings. The van der Waals surface area contributed by atoms with Crippen molar-refractivity contribution < 1.29 is 14.4 Å². The molecule has 128 valence electrons. The standard InChI is InChI=1S/C18H17N3O4/c19-9-8-15-16(21(22)23)6-7-17-18(15)25-14(12-24-17)11-20-10-13-4-2-1-3-5-13/h1-7,14,20H,8,10-12H2/t14-/m0/s1. The van der Waals surface area contributed by atoms with Crippen LogP contribution in [0.2, 0.25) is 0 Å². The Morgan fingerprint density at radius 1 is 1.28 bits per heavy atom. The molecular formula is C18H17N3O4. The number of nitriles is 1. The molecular weight excluding hydrogens is 322 g/mol. The summed E-state index contributed by atoms with van der Waals surface area (Å²) in [5.41, 5.74) is 1.29. The Balaban J connectivity index is 1.70. The van der Waals surface area contributed by atoms with Crippen LogP contribution in [0.3, 0.4) is 0 Å². The van der Waals surface area contributed by atoms with E-state index in [1.54, 1.807) is 0 Å². The van der Waals surface area contributed by atoms with Gasteiger partial charge in [-0.2, -0.15) is 5.26 Å². The minimum absolute atomic E-state index is 0.104. The van der Waals surface area contributed by atoms with Gasteiger partial charge in [-0.3, -0.25) is 10.1 Å². The Morgan fingerprint density at radius 3 is 2.80 bits per heavy atom. The van der Waals surface area contributed by atoms with Gasteiger partial charge in [0.15, 0.2) is 11.5 Å². The zero-order valence-corrected chi connectivity index (χ0v) is 13.5. The number of hydrogen-bond acceptors (Lipinski definition) is 6. The van der Waals surface area contributed by atoms with Crippen molar-refractivity contribution in [2.75, 3.05) is 13.2 Å². The summed E-state index contributed by atoms with van der Waals surface area (Å²) in [6.07, 6.45) is -0.386. The number of nitrogens with one attached hydrogen (secondary N) is 1. The average Bonchev–Trinajstić information content (AvgIpc) is 2.63. The van der Waals surface area contributed by atoms with Crippen LogP contribution >= 0.6 is 0 Å². The van der Waals surface area contributed by atoms with Crippen LogP contribution in [0.25, 0.3) is 0 Å². The third kappa shape index (κ3) is 3.87. The molecule has 7 heteroatoms. The van der Waals surface area contributed by atoms with E-state index in [0.29, 0.717) is 31.2 Å². The first-order chi connectivity index (χ1) is 12.2. The summed E-state index contributed by atoms with van der Waals surface area (Å²) in [5.74, 6) is 0.740. The second-order valence-electron chi connectivity index (χ2n) is 5.65. The number of hydrogen-bond donors (Lipinski definition) is 1. The summed E-state index contributed by atoms with van der Waals surface area (Å²) in [6, 6.07) is 14.8. The second kappa shape index (κ2) is 7.64. The van der Waals surface area contributed by atoms with E-state index in [1.165, 1.54) is 12.1 Å². The van der Waals surface area contributed by atoms with Crippen molar-refractivity contribution >= 4 is 5.69 Å². The van der Waals surface area contributed by atoms with Crippen LogP contribution < -0.4 is 14.8 Å². The van der Waals surface area contributed by atoms with Crippen LogP contribution in [0.4, 0.5) is 5.69 Å². The third-order valence-electron chi connectivity index (χ3n) is 3.91. The minimum Gasteiger partial charge on any atom is -0.486 e. The molecule has 0 bridgehead atoms. The highest BCUT2D eigenvalue weighted by atomic mass is 16.6. The van der Waals surface area contributed by atoms with Crippen LogP contribution in [0.1, 0.15) is 11.1 Å². The quantitative estimate of drug-likeness (QED) is 0.642. The van der Waals surface area contributed by atoms with E-state index in [-0.39, 0.29) is 23.8 Å². The van der Waals surface area contributed by atoms with Crippen LogP contribution in [-0.4, -0.2) is 24.2 Å². The lowest BCUT2D eigenvalue weighted by Gasteiger charge is -2.28. The van der Waals surface area contributed by atoms with Gasteiger partial charge in [0.2, 0.25) is 0 Å². The molecule has 1 atom stereocenters. The average molecular weight is 339 g/mol. The first-order valence-electron chi connectivity index (χ1n) is 7.90. The van der Waals surface area contributed by atoms with Gasteiger partial charge in [0.05, 0.1) is 23.0 Å². The fraction of sp³-hybridized carbons (Fsp3) is 0.278. The molecule has 1 heterocycles. The van der Waals surface area contributed by atoms with Crippen LogP contribution in [-0.2, 0) is 13.0 Å². The lowest BCUT2D eigenvalue weighted by Crippen LogP contribution is -2.38. The predicted molar refractivity (Wildman–Crippen MR) is 90.5 cm³/mol. The summed E-state index contributed by atoms with van der Waals surface area (Å²) in [4.78, 5) is 10.7. The van der Waals surface area contributed by atoms with E-state index < -0.39 is 4.92 Å². The number of fused-ring (bicyclic) bond motifs is 1. The number of nitrogens with zero attached hydrogens (tertiary/aromatic N) is 2. The van der Waals surface area contributed by atoms with Crippen molar-refractivity contribution in [1.82, 2.24) is 5.32 Å². The monoisotopic (exact) mass is 339 g/mol. The highest BCUT2D eigenvalue weighted by Crippen LogP contribution is 2.40. The van der Waals surface area contributed by atoms with E-state index in [9.17, 15) is 10.1 Å². The minimum atomic E-state index is -0.506. The van der Waals surface area contributed by atoms with Gasteiger partial charge in [-0.25, -0.2) is 0 Å². The number of benzene rings is 2. The molecule has 1 aliphatic heterocycles. The first kappa shape index (κ1) is 16.7. The Kier molecular flexibility index (Phi) is 5.11. The van der Waals surface area contributed by atoms with E-state index in [0.717, 1.165) is 5.56 Å². The molecule has 0 amide bonds. The zero-order valence-electron chi connectivity index (χ0n) is 13.5. The molecule has 0 radical (unpaired) electrons. The molecule has 2 aromatic rings. The molecule has 0 unspecified atom stereocenters. The summed E-state index contributed by atoms with van der Waals surface area (Å²) in [6.45, 7) is 1.56. The molecule has 0 aromatic heterocycles. The van der Waals surface area contributed by atoms with Gasteiger partial charge < -0.3 is 14.8 Å². The highest BCUT2D eigenvalue weighted by Gasteiger charge is 2.28. The van der Waals surface area contributed by atoms with Crippen LogP contribution in [0.5, 0.6) is 11.5 Å². The van der Waals surface area contributed by atoms with Crippen molar-refractivity contribution in [3.63, 3.8) is 0 Å². The normalized spacial score (nSPS) is 15.4. The second-order valence-corrected chi connectivity index (χ2v) is 5.65. The van der Waals surface area contributed by atoms with Crippen molar-refractivity contribution in [3.05, 3.63) is 63.7 Å². The van der Waals surface area contributed by atoms with Gasteiger partial charge in [0.1, 0.15) is 12.7 Å². The molecule has 0 aliphatic carbocycles. The first-order valence-corrected chi connectivity index (χ1v) is 7.90. The van der Waals surface area contributed by atoms with Gasteiger partial charge in [-0.15, -0.1) is 0 Å². The lowest BCUT2D eigenvalue weighted by atomic mass is 10.1. The Hall–Kier alpha value is -3.11. The van der Waals surface area contributed by atoms with Gasteiger partial charge in [0.25, 0.3) is 5.69 Å². The van der Waals surface area contributed by atoms with Gasteiger partial charge in [-0.05, 0) is 11.6 Å². The fourth-order valence-corrected chi connectivity index (χ4v) is 2.72. The lowest BCUT2D eigenvalue weighted by molar-refractivity contribution is -0.385. The molecule has 25 heavy (non-hydrogen) atoms. The molecule has 3 rings (SSSR count). The van der Waals surface area contributed by atoms with E-state index >= 15 is 0 Å². The molecule has 2 aromatic carbocycles. The zero-order chi connectivity index (χ0) is 17.6. The molecule has 1 N–H and O–H groups in total. The van der Waals surface area contributed by atoms with Crippen molar-refractivity contribution in [2.45, 2.75) is 19.1 Å². The number of nitro groups is 1. The largest absolute Gasteiger partial charge is 0.486 e. The number of ether oxygens (including phenoxy) is 2. The van der Waals surface area contributed by atoms with E-state index in [2.05, 4.69) is 5.32 Å². The molecule has 0 saturated carbocycles. The van der Waals surface area contributed by atoms with Gasteiger partial charge in [-0.1, -0.05) is 30.3 Å². The molecule has 0 fully saturated rings. The summed E-state index contributed by atoms with van der Waals surface area (Å²) < 4.78 is 11.6. The van der Waals surface area contributed by atoms with Crippen LogP contribution in [0.15, 0.2) is 42.5 Å². The van der Waals surface area contributed by atoms with Crippen molar-refractivity contribution in [3.8, 4) is 17.6 Å². The van der Waals surface area contributed by atoms with Crippen molar-refractivity contribution in [2.24, 2.45) is 0 Å². The Bertz CT molecular complexity index is 802. The summed E-state index contributed by atoms with van der Waals surface area (Å²) >= 11 is 0. The highest BCUT2D eigenvalue weighted by molar-refractivity contribution is 5.58. The molecule has 7 nitrogen and oxygen atoms in total. The third-order valence-corrected chi connectivity index (χ3v) is 3.91. The summed E-state index contributed by atoms with van der Waals surface area (Å²) in [5, 5.41) is 23.4. The van der Waals surface area contributed by atoms with Crippen LogP contribution in [0, 0.1) is 21.4 Å². The van der Waals surface area contributed by atoms with E-state index in [1.807, 2.05) is 36.4 Å². The predicted octanol–water partition coefficient (Wildman–Crippen LogP) is 2.59. The molecule has 0 saturated heterocycles. The van der Waals surface area contributed by atoms with Gasteiger partial charge in [0, 0.05) is 19.2 Å². The maximum absolute atomic E-state index is 11.2. The number of nitro benzene ring substituents is 1.